The molecule has 1 rings (SSSR count). The van der Waals surface area contributed by atoms with Gasteiger partial charge in [-0.3, -0.25) is 0 Å². The van der Waals surface area contributed by atoms with Crippen LogP contribution in [-0.4, -0.2) is 8.42 Å². The van der Waals surface area contributed by atoms with Gasteiger partial charge >= 0.3 is 0 Å². The van der Waals surface area contributed by atoms with Crippen LogP contribution in [0.4, 0.5) is 0 Å². The number of hydrogen-bond donors (Lipinski definition) is 0. The largest absolute Gasteiger partial charge is 0.262 e. The highest BCUT2D eigenvalue weighted by Crippen LogP contribution is 2.30. The summed E-state index contributed by atoms with van der Waals surface area (Å²) in [5.74, 6) is 0. The van der Waals surface area contributed by atoms with Gasteiger partial charge in [-0.1, -0.05) is 38.4 Å². The highest BCUT2D eigenvalue weighted by molar-refractivity contribution is 8.13. The Labute approximate surface area is 99.6 Å². The number of rotatable bonds is 1. The zero-order chi connectivity index (χ0) is 11.9. The lowest BCUT2D eigenvalue weighted by Gasteiger charge is -2.19. The average molecular weight is 267 g/mol. The van der Waals surface area contributed by atoms with Crippen molar-refractivity contribution >= 4 is 31.3 Å². The van der Waals surface area contributed by atoms with E-state index in [9.17, 15) is 8.42 Å². The first-order chi connectivity index (χ1) is 6.62. The Kier molecular flexibility index (Phi) is 3.39. The van der Waals surface area contributed by atoms with Crippen molar-refractivity contribution in [3.63, 3.8) is 0 Å². The zero-order valence-electron chi connectivity index (χ0n) is 8.71. The molecule has 84 valence electrons. The molecule has 0 aliphatic rings. The number of halogens is 2. The summed E-state index contributed by atoms with van der Waals surface area (Å²) in [6.07, 6.45) is 0. The van der Waals surface area contributed by atoms with Crippen LogP contribution in [0.1, 0.15) is 26.3 Å². The Morgan fingerprint density at radius 2 is 1.73 bits per heavy atom. The maximum absolute atomic E-state index is 11.2. The fraction of sp³-hybridized carbons (Fsp3) is 0.400. The third-order valence-corrected chi connectivity index (χ3v) is 3.86. The lowest BCUT2D eigenvalue weighted by atomic mass is 9.87. The van der Waals surface area contributed by atoms with Gasteiger partial charge in [-0.25, -0.2) is 8.42 Å². The molecule has 0 saturated heterocycles. The Morgan fingerprint density at radius 1 is 1.20 bits per heavy atom. The molecule has 1 aromatic carbocycles. The first-order valence-corrected chi connectivity index (χ1v) is 7.06. The molecule has 0 unspecified atom stereocenters. The van der Waals surface area contributed by atoms with Crippen molar-refractivity contribution in [1.29, 1.82) is 0 Å². The molecule has 0 heterocycles. The quantitative estimate of drug-likeness (QED) is 0.729. The maximum Gasteiger partial charge on any atom is 0.262 e. The number of hydrogen-bond acceptors (Lipinski definition) is 2. The Bertz CT molecular complexity index is 473. The standard InChI is InChI=1S/C10H12Cl2O2S/c1-10(2,3)7-4-5-8(11)9(6-7)15(12,13)14/h4-6H,1-3H3. The monoisotopic (exact) mass is 266 g/mol. The molecule has 0 aliphatic carbocycles. The van der Waals surface area contributed by atoms with Crippen LogP contribution in [0, 0.1) is 0 Å². The summed E-state index contributed by atoms with van der Waals surface area (Å²) in [4.78, 5) is -0.0294. The van der Waals surface area contributed by atoms with Crippen molar-refractivity contribution in [3.05, 3.63) is 28.8 Å². The molecule has 0 fully saturated rings. The molecule has 0 aromatic heterocycles. The van der Waals surface area contributed by atoms with Gasteiger partial charge in [0.2, 0.25) is 0 Å². The minimum Gasteiger partial charge on any atom is -0.207 e. The van der Waals surface area contributed by atoms with E-state index >= 15 is 0 Å². The highest BCUT2D eigenvalue weighted by atomic mass is 35.7. The van der Waals surface area contributed by atoms with Crippen molar-refractivity contribution in [2.75, 3.05) is 0 Å². The van der Waals surface area contributed by atoms with E-state index in [4.69, 9.17) is 22.3 Å². The predicted octanol–water partition coefficient (Wildman–Crippen LogP) is 3.57. The molecule has 0 amide bonds. The number of benzene rings is 1. The average Bonchev–Trinajstić information content (AvgIpc) is 2.00. The molecule has 15 heavy (non-hydrogen) atoms. The van der Waals surface area contributed by atoms with Crippen molar-refractivity contribution in [1.82, 2.24) is 0 Å². The van der Waals surface area contributed by atoms with Gasteiger partial charge in [0.25, 0.3) is 9.05 Å². The van der Waals surface area contributed by atoms with E-state index in [1.165, 1.54) is 6.07 Å². The van der Waals surface area contributed by atoms with E-state index in [1.807, 2.05) is 20.8 Å². The van der Waals surface area contributed by atoms with Crippen LogP contribution in [0.2, 0.25) is 5.02 Å². The van der Waals surface area contributed by atoms with Crippen LogP contribution in [0.25, 0.3) is 0 Å². The van der Waals surface area contributed by atoms with Gasteiger partial charge in [-0.15, -0.1) is 0 Å². The van der Waals surface area contributed by atoms with E-state index in [1.54, 1.807) is 12.1 Å². The van der Waals surface area contributed by atoms with Crippen LogP contribution in [0.5, 0.6) is 0 Å². The van der Waals surface area contributed by atoms with Crippen LogP contribution in [0.15, 0.2) is 23.1 Å². The van der Waals surface area contributed by atoms with Crippen molar-refractivity contribution < 1.29 is 8.42 Å². The van der Waals surface area contributed by atoms with Gasteiger partial charge < -0.3 is 0 Å². The zero-order valence-corrected chi connectivity index (χ0v) is 11.0. The Balaban J connectivity index is 3.43. The smallest absolute Gasteiger partial charge is 0.207 e. The SMILES string of the molecule is CC(C)(C)c1ccc(Cl)c(S(=O)(=O)Cl)c1. The second-order valence-corrected chi connectivity index (χ2v) is 7.27. The van der Waals surface area contributed by atoms with E-state index < -0.39 is 9.05 Å². The third-order valence-electron chi connectivity index (χ3n) is 2.06. The maximum atomic E-state index is 11.2. The Morgan fingerprint density at radius 3 is 2.13 bits per heavy atom. The topological polar surface area (TPSA) is 34.1 Å². The van der Waals surface area contributed by atoms with Gasteiger partial charge in [-0.05, 0) is 23.1 Å². The lowest BCUT2D eigenvalue weighted by Crippen LogP contribution is -2.11. The molecule has 2 nitrogen and oxygen atoms in total. The fourth-order valence-electron chi connectivity index (χ4n) is 1.16. The summed E-state index contributed by atoms with van der Waals surface area (Å²) in [6.45, 7) is 5.96. The summed E-state index contributed by atoms with van der Waals surface area (Å²) >= 11 is 5.77. The highest BCUT2D eigenvalue weighted by Gasteiger charge is 2.20. The van der Waals surface area contributed by atoms with E-state index in [0.29, 0.717) is 0 Å². The van der Waals surface area contributed by atoms with E-state index in [2.05, 4.69) is 0 Å². The molecule has 0 saturated carbocycles. The third kappa shape index (κ3) is 3.10. The molecule has 0 radical (unpaired) electrons. The Hall–Kier alpha value is -0.250. The summed E-state index contributed by atoms with van der Waals surface area (Å²) in [6, 6.07) is 4.87. The van der Waals surface area contributed by atoms with Gasteiger partial charge in [-0.2, -0.15) is 0 Å². The van der Waals surface area contributed by atoms with Gasteiger partial charge in [0.15, 0.2) is 0 Å². The lowest BCUT2D eigenvalue weighted by molar-refractivity contribution is 0.586. The molecule has 5 heteroatoms. The molecular weight excluding hydrogens is 255 g/mol. The summed E-state index contributed by atoms with van der Waals surface area (Å²) in [5, 5.41) is 0.151. The van der Waals surface area contributed by atoms with Crippen molar-refractivity contribution in [3.8, 4) is 0 Å². The molecule has 1 aromatic rings. The second kappa shape index (κ2) is 3.96. The molecule has 0 atom stereocenters. The summed E-state index contributed by atoms with van der Waals surface area (Å²) in [7, 11) is 1.50. The summed E-state index contributed by atoms with van der Waals surface area (Å²) in [5.41, 5.74) is 0.743. The molecule has 0 N–H and O–H groups in total. The van der Waals surface area contributed by atoms with Crippen LogP contribution in [0.3, 0.4) is 0 Å². The molecular formula is C10H12Cl2O2S. The first-order valence-electron chi connectivity index (χ1n) is 4.37. The van der Waals surface area contributed by atoms with Gasteiger partial charge in [0.05, 0.1) is 5.02 Å². The second-order valence-electron chi connectivity index (χ2n) is 4.33. The van der Waals surface area contributed by atoms with E-state index in [-0.39, 0.29) is 15.3 Å². The van der Waals surface area contributed by atoms with Gasteiger partial charge in [0, 0.05) is 10.7 Å². The van der Waals surface area contributed by atoms with Crippen molar-refractivity contribution in [2.24, 2.45) is 0 Å². The predicted molar refractivity (Wildman–Crippen MR) is 63.2 cm³/mol. The van der Waals surface area contributed by atoms with Crippen LogP contribution >= 0.6 is 22.3 Å². The molecule has 0 aliphatic heterocycles. The first kappa shape index (κ1) is 12.8. The molecule has 0 spiro atoms. The van der Waals surface area contributed by atoms with Crippen LogP contribution in [-0.2, 0) is 14.5 Å². The normalized spacial score (nSPS) is 12.9. The van der Waals surface area contributed by atoms with Gasteiger partial charge in [0.1, 0.15) is 4.90 Å². The summed E-state index contributed by atoms with van der Waals surface area (Å²) < 4.78 is 22.4. The van der Waals surface area contributed by atoms with Crippen molar-refractivity contribution in [2.45, 2.75) is 31.1 Å². The van der Waals surface area contributed by atoms with Crippen LogP contribution < -0.4 is 0 Å². The van der Waals surface area contributed by atoms with E-state index in [0.717, 1.165) is 5.56 Å². The molecule has 0 bridgehead atoms. The fourth-order valence-corrected chi connectivity index (χ4v) is 2.65. The minimum absolute atomic E-state index is 0.0294. The minimum atomic E-state index is -3.78.